The van der Waals surface area contributed by atoms with Gasteiger partial charge in [-0.1, -0.05) is 0 Å². The molecule has 0 aromatic rings. The molecule has 0 heterocycles. The van der Waals surface area contributed by atoms with Gasteiger partial charge >= 0.3 is 0 Å². The van der Waals surface area contributed by atoms with E-state index in [1.54, 1.807) is 0 Å². The van der Waals surface area contributed by atoms with Gasteiger partial charge in [0.1, 0.15) is 6.23 Å². The normalized spacial score (nSPS) is 16.2. The zero-order valence-corrected chi connectivity index (χ0v) is 8.24. The zero-order chi connectivity index (χ0) is 10.5. The summed E-state index contributed by atoms with van der Waals surface area (Å²) in [5, 5.41) is 1.29. The van der Waals surface area contributed by atoms with E-state index in [1.807, 2.05) is 0 Å². The molecule has 6 nitrogen and oxygen atoms in total. The third-order valence-corrected chi connectivity index (χ3v) is 2.80. The Labute approximate surface area is 77.0 Å². The fraction of sp³-hybridized carbons (Fsp3) is 0.833. The van der Waals surface area contributed by atoms with E-state index in [0.717, 1.165) is 0 Å². The van der Waals surface area contributed by atoms with E-state index >= 15 is 0 Å². The number of carbonyl (C=O) groups is 1. The van der Waals surface area contributed by atoms with Gasteiger partial charge in [0.15, 0.2) is 0 Å². The molecule has 0 saturated heterocycles. The lowest BCUT2D eigenvalue weighted by Gasteiger charge is -2.16. The highest BCUT2D eigenvalue weighted by Gasteiger charge is 2.21. The highest BCUT2D eigenvalue weighted by molar-refractivity contribution is 7.86. The lowest BCUT2D eigenvalue weighted by atomic mass is 10.3. The third kappa shape index (κ3) is 4.81. The van der Waals surface area contributed by atoms with Crippen LogP contribution >= 0.6 is 0 Å². The summed E-state index contributed by atoms with van der Waals surface area (Å²) in [7, 11) is -2.73. The SMILES string of the molecule is COC(CC(C)S(=O)(=O)O)NC=O. The van der Waals surface area contributed by atoms with Crippen LogP contribution in [0.5, 0.6) is 0 Å². The van der Waals surface area contributed by atoms with Crippen molar-refractivity contribution >= 4 is 16.5 Å². The first-order valence-corrected chi connectivity index (χ1v) is 5.11. The summed E-state index contributed by atoms with van der Waals surface area (Å²) in [6.07, 6.45) is -0.284. The second-order valence-corrected chi connectivity index (χ2v) is 4.40. The predicted molar refractivity (Wildman–Crippen MR) is 45.6 cm³/mol. The Bertz CT molecular complexity index is 250. The Kier molecular flexibility index (Phi) is 4.89. The zero-order valence-electron chi connectivity index (χ0n) is 7.43. The van der Waals surface area contributed by atoms with E-state index in [2.05, 4.69) is 5.32 Å². The molecule has 2 N–H and O–H groups in total. The average Bonchev–Trinajstić information content (AvgIpc) is 2.01. The lowest BCUT2D eigenvalue weighted by molar-refractivity contribution is -0.113. The number of hydrogen-bond donors (Lipinski definition) is 2. The highest BCUT2D eigenvalue weighted by Crippen LogP contribution is 2.06. The van der Waals surface area contributed by atoms with Crippen LogP contribution in [-0.2, 0) is 19.6 Å². The second-order valence-electron chi connectivity index (χ2n) is 2.57. The topological polar surface area (TPSA) is 92.7 Å². The van der Waals surface area contributed by atoms with Crippen LogP contribution in [0.3, 0.4) is 0 Å². The molecule has 0 spiro atoms. The molecule has 0 aliphatic heterocycles. The number of carbonyl (C=O) groups excluding carboxylic acids is 1. The van der Waals surface area contributed by atoms with Crippen LogP contribution in [0.15, 0.2) is 0 Å². The molecule has 0 aromatic carbocycles. The maximum absolute atomic E-state index is 10.6. The Balaban J connectivity index is 4.16. The summed E-state index contributed by atoms with van der Waals surface area (Å²) in [5.41, 5.74) is 0. The number of methoxy groups -OCH3 is 1. The summed E-state index contributed by atoms with van der Waals surface area (Å²) in [4.78, 5) is 10.0. The first kappa shape index (κ1) is 12.3. The molecule has 7 heteroatoms. The van der Waals surface area contributed by atoms with Gasteiger partial charge in [0, 0.05) is 13.5 Å². The first-order chi connectivity index (χ1) is 5.91. The van der Waals surface area contributed by atoms with E-state index in [1.165, 1.54) is 14.0 Å². The first-order valence-electron chi connectivity index (χ1n) is 3.60. The van der Waals surface area contributed by atoms with Crippen LogP contribution in [0.1, 0.15) is 13.3 Å². The minimum atomic E-state index is -4.06. The van der Waals surface area contributed by atoms with Crippen LogP contribution < -0.4 is 5.32 Å². The summed E-state index contributed by atoms with van der Waals surface area (Å²) < 4.78 is 34.5. The van der Waals surface area contributed by atoms with Crippen molar-refractivity contribution in [2.75, 3.05) is 7.11 Å². The molecule has 0 aliphatic rings. The summed E-state index contributed by atoms with van der Waals surface area (Å²) in [6.45, 7) is 1.33. The maximum Gasteiger partial charge on any atom is 0.267 e. The van der Waals surface area contributed by atoms with E-state index in [-0.39, 0.29) is 6.42 Å². The van der Waals surface area contributed by atoms with E-state index < -0.39 is 21.6 Å². The van der Waals surface area contributed by atoms with Crippen molar-refractivity contribution in [3.63, 3.8) is 0 Å². The molecule has 0 aliphatic carbocycles. The van der Waals surface area contributed by atoms with Gasteiger partial charge in [-0.25, -0.2) is 0 Å². The quantitative estimate of drug-likeness (QED) is 0.347. The molecular weight excluding hydrogens is 198 g/mol. The molecule has 13 heavy (non-hydrogen) atoms. The summed E-state index contributed by atoms with van der Waals surface area (Å²) in [5.74, 6) is 0. The van der Waals surface area contributed by atoms with Crippen molar-refractivity contribution in [1.82, 2.24) is 5.32 Å². The van der Waals surface area contributed by atoms with Crippen LogP contribution in [0.2, 0.25) is 0 Å². The maximum atomic E-state index is 10.6. The van der Waals surface area contributed by atoms with Crippen LogP contribution in [0.25, 0.3) is 0 Å². The van der Waals surface area contributed by atoms with Crippen molar-refractivity contribution in [3.05, 3.63) is 0 Å². The minimum absolute atomic E-state index is 0.00801. The molecule has 78 valence electrons. The van der Waals surface area contributed by atoms with Crippen molar-refractivity contribution in [2.24, 2.45) is 0 Å². The molecule has 1 amide bonds. The van der Waals surface area contributed by atoms with Gasteiger partial charge in [-0.2, -0.15) is 8.42 Å². The van der Waals surface area contributed by atoms with Gasteiger partial charge in [0.2, 0.25) is 6.41 Å². The minimum Gasteiger partial charge on any atom is -0.362 e. The van der Waals surface area contributed by atoms with Gasteiger partial charge in [0.25, 0.3) is 10.1 Å². The van der Waals surface area contributed by atoms with E-state index in [0.29, 0.717) is 6.41 Å². The standard InChI is InChI=1S/C6H13NO5S/c1-5(13(9,10)11)3-6(12-2)7-4-8/h4-6H,3H2,1-2H3,(H,7,8)(H,9,10,11). The molecule has 0 radical (unpaired) electrons. The summed E-state index contributed by atoms with van der Waals surface area (Å²) >= 11 is 0. The van der Waals surface area contributed by atoms with E-state index in [4.69, 9.17) is 9.29 Å². The molecular formula is C6H13NO5S. The smallest absolute Gasteiger partial charge is 0.267 e. The fourth-order valence-electron chi connectivity index (χ4n) is 0.731. The summed E-state index contributed by atoms with van der Waals surface area (Å²) in [6, 6.07) is 0. The largest absolute Gasteiger partial charge is 0.362 e. The molecule has 0 bridgehead atoms. The van der Waals surface area contributed by atoms with Crippen molar-refractivity contribution in [1.29, 1.82) is 0 Å². The third-order valence-electron chi connectivity index (χ3n) is 1.59. The van der Waals surface area contributed by atoms with E-state index in [9.17, 15) is 13.2 Å². The average molecular weight is 211 g/mol. The Hall–Kier alpha value is -0.660. The highest BCUT2D eigenvalue weighted by atomic mass is 32.2. The Morgan fingerprint density at radius 1 is 1.62 bits per heavy atom. The Morgan fingerprint density at radius 2 is 2.15 bits per heavy atom. The van der Waals surface area contributed by atoms with Crippen LogP contribution in [-0.4, -0.2) is 38.0 Å². The van der Waals surface area contributed by atoms with Gasteiger partial charge in [-0.05, 0) is 6.92 Å². The molecule has 2 unspecified atom stereocenters. The molecule has 0 aromatic heterocycles. The van der Waals surface area contributed by atoms with Crippen molar-refractivity contribution in [3.8, 4) is 0 Å². The van der Waals surface area contributed by atoms with Gasteiger partial charge in [-0.15, -0.1) is 0 Å². The van der Waals surface area contributed by atoms with Crippen molar-refractivity contribution in [2.45, 2.75) is 24.8 Å². The number of nitrogens with one attached hydrogen (secondary N) is 1. The lowest BCUT2D eigenvalue weighted by Crippen LogP contribution is -2.34. The van der Waals surface area contributed by atoms with Gasteiger partial charge < -0.3 is 10.1 Å². The second kappa shape index (κ2) is 5.15. The van der Waals surface area contributed by atoms with Gasteiger partial charge in [0.05, 0.1) is 5.25 Å². The van der Waals surface area contributed by atoms with Gasteiger partial charge in [-0.3, -0.25) is 9.35 Å². The predicted octanol–water partition coefficient (Wildman–Crippen LogP) is -0.629. The number of hydrogen-bond acceptors (Lipinski definition) is 4. The molecule has 0 saturated carbocycles. The van der Waals surface area contributed by atoms with Crippen LogP contribution in [0, 0.1) is 0 Å². The fourth-order valence-corrected chi connectivity index (χ4v) is 1.15. The monoisotopic (exact) mass is 211 g/mol. The molecule has 2 atom stereocenters. The Morgan fingerprint density at radius 3 is 2.46 bits per heavy atom. The molecule has 0 rings (SSSR count). The van der Waals surface area contributed by atoms with Crippen LogP contribution in [0.4, 0.5) is 0 Å². The number of ether oxygens (including phenoxy) is 1. The van der Waals surface area contributed by atoms with Crippen molar-refractivity contribution < 1.29 is 22.5 Å². The number of amides is 1. The molecule has 0 fully saturated rings. The number of rotatable bonds is 6.